The van der Waals surface area contributed by atoms with Gasteiger partial charge in [-0.2, -0.15) is 0 Å². The average molecular weight is 292 g/mol. The lowest BCUT2D eigenvalue weighted by molar-refractivity contribution is 0.0696. The molecule has 5 heteroatoms. The van der Waals surface area contributed by atoms with E-state index in [0.29, 0.717) is 5.75 Å². The topological polar surface area (TPSA) is 59.4 Å². The minimum atomic E-state index is -1.11. The van der Waals surface area contributed by atoms with Crippen molar-refractivity contribution >= 4 is 17.6 Å². The number of para-hydroxylation sites is 1. The van der Waals surface area contributed by atoms with Crippen LogP contribution in [0, 0.1) is 0 Å². The molecule has 0 atom stereocenters. The smallest absolute Gasteiger partial charge is 0.337 e. The number of aromatic nitrogens is 1. The monoisotopic (exact) mass is 291 g/mol. The van der Waals surface area contributed by atoms with E-state index < -0.39 is 5.97 Å². The Labute approximate surface area is 122 Å². The highest BCUT2D eigenvalue weighted by atomic mass is 35.5. The predicted molar refractivity (Wildman–Crippen MR) is 76.8 cm³/mol. The van der Waals surface area contributed by atoms with E-state index in [4.69, 9.17) is 21.4 Å². The molecule has 20 heavy (non-hydrogen) atoms. The van der Waals surface area contributed by atoms with Crippen LogP contribution < -0.4 is 4.74 Å². The molecule has 2 aromatic rings. The number of rotatable bonds is 4. The highest BCUT2D eigenvalue weighted by Gasteiger charge is 2.13. The molecular formula is C15H14ClNO3. The van der Waals surface area contributed by atoms with Gasteiger partial charge in [-0.15, -0.1) is 0 Å². The maximum Gasteiger partial charge on any atom is 0.337 e. The Hall–Kier alpha value is -2.07. The van der Waals surface area contributed by atoms with E-state index in [-0.39, 0.29) is 22.4 Å². The van der Waals surface area contributed by atoms with Crippen LogP contribution in [0.5, 0.6) is 11.6 Å². The molecule has 0 aliphatic rings. The number of hydrogen-bond donors (Lipinski definition) is 1. The van der Waals surface area contributed by atoms with E-state index in [2.05, 4.69) is 18.8 Å². The van der Waals surface area contributed by atoms with E-state index in [1.54, 1.807) is 0 Å². The molecule has 0 bridgehead atoms. The van der Waals surface area contributed by atoms with Gasteiger partial charge < -0.3 is 9.84 Å². The normalized spacial score (nSPS) is 10.6. The summed E-state index contributed by atoms with van der Waals surface area (Å²) >= 11 is 5.78. The van der Waals surface area contributed by atoms with Gasteiger partial charge in [-0.1, -0.05) is 43.6 Å². The van der Waals surface area contributed by atoms with Crippen molar-refractivity contribution in [2.24, 2.45) is 0 Å². The Morgan fingerprint density at radius 1 is 1.35 bits per heavy atom. The van der Waals surface area contributed by atoms with Crippen molar-refractivity contribution in [2.75, 3.05) is 0 Å². The minimum Gasteiger partial charge on any atom is -0.478 e. The summed E-state index contributed by atoms with van der Waals surface area (Å²) in [6, 6.07) is 8.90. The third kappa shape index (κ3) is 3.08. The fourth-order valence-electron chi connectivity index (χ4n) is 1.80. The highest BCUT2D eigenvalue weighted by molar-refractivity contribution is 6.33. The molecule has 0 unspecified atom stereocenters. The molecule has 0 aliphatic carbocycles. The van der Waals surface area contributed by atoms with E-state index in [1.807, 2.05) is 24.3 Å². The van der Waals surface area contributed by atoms with Crippen molar-refractivity contribution in [3.8, 4) is 11.6 Å². The first-order valence-corrected chi connectivity index (χ1v) is 6.52. The third-order valence-electron chi connectivity index (χ3n) is 2.82. The van der Waals surface area contributed by atoms with Crippen LogP contribution in [0.1, 0.15) is 35.7 Å². The van der Waals surface area contributed by atoms with Crippen LogP contribution in [0.25, 0.3) is 0 Å². The van der Waals surface area contributed by atoms with E-state index >= 15 is 0 Å². The van der Waals surface area contributed by atoms with Gasteiger partial charge in [0.2, 0.25) is 5.88 Å². The molecule has 0 spiro atoms. The van der Waals surface area contributed by atoms with Crippen molar-refractivity contribution in [3.05, 3.63) is 52.7 Å². The summed E-state index contributed by atoms with van der Waals surface area (Å²) in [6.45, 7) is 4.11. The van der Waals surface area contributed by atoms with Crippen molar-refractivity contribution in [1.82, 2.24) is 4.98 Å². The second-order valence-corrected chi connectivity index (χ2v) is 5.01. The summed E-state index contributed by atoms with van der Waals surface area (Å²) in [4.78, 5) is 15.0. The Morgan fingerprint density at radius 3 is 2.70 bits per heavy atom. The number of pyridine rings is 1. The van der Waals surface area contributed by atoms with Gasteiger partial charge in [0, 0.05) is 6.07 Å². The molecule has 1 N–H and O–H groups in total. The molecule has 0 amide bonds. The van der Waals surface area contributed by atoms with Gasteiger partial charge in [-0.05, 0) is 17.5 Å². The van der Waals surface area contributed by atoms with E-state index in [9.17, 15) is 4.79 Å². The maximum atomic E-state index is 11.0. The van der Waals surface area contributed by atoms with Crippen molar-refractivity contribution < 1.29 is 14.6 Å². The Balaban J connectivity index is 2.36. The van der Waals surface area contributed by atoms with Crippen LogP contribution in [0.4, 0.5) is 0 Å². The molecule has 0 aliphatic heterocycles. The van der Waals surface area contributed by atoms with Gasteiger partial charge in [0.25, 0.3) is 0 Å². The molecule has 0 saturated heterocycles. The summed E-state index contributed by atoms with van der Waals surface area (Å²) in [5.41, 5.74) is 1.000. The molecule has 0 radical (unpaired) electrons. The van der Waals surface area contributed by atoms with Crippen LogP contribution in [0.15, 0.2) is 36.5 Å². The zero-order chi connectivity index (χ0) is 14.7. The van der Waals surface area contributed by atoms with Gasteiger partial charge in [0.1, 0.15) is 5.75 Å². The zero-order valence-electron chi connectivity index (χ0n) is 11.1. The maximum absolute atomic E-state index is 11.0. The van der Waals surface area contributed by atoms with E-state index in [0.717, 1.165) is 5.56 Å². The first-order chi connectivity index (χ1) is 9.49. The molecular weight excluding hydrogens is 278 g/mol. The van der Waals surface area contributed by atoms with Gasteiger partial charge in [-0.3, -0.25) is 0 Å². The number of hydrogen-bond acceptors (Lipinski definition) is 3. The Bertz CT molecular complexity index is 641. The molecule has 1 heterocycles. The number of carboxylic acids is 1. The number of benzene rings is 1. The van der Waals surface area contributed by atoms with Gasteiger partial charge in [0.05, 0.1) is 16.8 Å². The minimum absolute atomic E-state index is 0.0290. The lowest BCUT2D eigenvalue weighted by Crippen LogP contribution is -2.00. The second-order valence-electron chi connectivity index (χ2n) is 4.60. The largest absolute Gasteiger partial charge is 0.478 e. The summed E-state index contributed by atoms with van der Waals surface area (Å²) in [7, 11) is 0. The fraction of sp³-hybridized carbons (Fsp3) is 0.200. The summed E-state index contributed by atoms with van der Waals surface area (Å²) in [6.07, 6.45) is 1.28. The molecule has 4 nitrogen and oxygen atoms in total. The van der Waals surface area contributed by atoms with Gasteiger partial charge >= 0.3 is 5.97 Å². The summed E-state index contributed by atoms with van der Waals surface area (Å²) in [5, 5.41) is 9.12. The van der Waals surface area contributed by atoms with Gasteiger partial charge in [-0.25, -0.2) is 9.78 Å². The molecule has 1 aromatic carbocycles. The van der Waals surface area contributed by atoms with Crippen molar-refractivity contribution in [3.63, 3.8) is 0 Å². The first kappa shape index (κ1) is 14.3. The van der Waals surface area contributed by atoms with Crippen molar-refractivity contribution in [2.45, 2.75) is 19.8 Å². The lowest BCUT2D eigenvalue weighted by atomic mass is 10.0. The van der Waals surface area contributed by atoms with Crippen molar-refractivity contribution in [1.29, 1.82) is 0 Å². The Morgan fingerprint density at radius 2 is 2.05 bits per heavy atom. The predicted octanol–water partition coefficient (Wildman–Crippen LogP) is 4.35. The third-order valence-corrected chi connectivity index (χ3v) is 3.12. The van der Waals surface area contributed by atoms with E-state index in [1.165, 1.54) is 12.3 Å². The summed E-state index contributed by atoms with van der Waals surface area (Å²) < 4.78 is 5.68. The number of nitrogens with zero attached hydrogens (tertiary/aromatic N) is 1. The molecule has 0 fully saturated rings. The quantitative estimate of drug-likeness (QED) is 0.910. The molecule has 104 valence electrons. The van der Waals surface area contributed by atoms with Crippen LogP contribution >= 0.6 is 11.6 Å². The SMILES string of the molecule is CC(C)c1ccccc1Oc1cc(C(=O)O)c(Cl)cn1. The number of carboxylic acid groups (broad SMARTS) is 1. The number of halogens is 1. The second kappa shape index (κ2) is 5.92. The highest BCUT2D eigenvalue weighted by Crippen LogP contribution is 2.30. The average Bonchev–Trinajstić information content (AvgIpc) is 2.41. The zero-order valence-corrected chi connectivity index (χ0v) is 11.9. The van der Waals surface area contributed by atoms with Crippen LogP contribution in [0.2, 0.25) is 5.02 Å². The first-order valence-electron chi connectivity index (χ1n) is 6.14. The van der Waals surface area contributed by atoms with Crippen LogP contribution in [0.3, 0.4) is 0 Å². The van der Waals surface area contributed by atoms with Crippen LogP contribution in [-0.2, 0) is 0 Å². The standard InChI is InChI=1S/C15H14ClNO3/c1-9(2)10-5-3-4-6-13(10)20-14-7-11(15(18)19)12(16)8-17-14/h3-9H,1-2H3,(H,18,19). The summed E-state index contributed by atoms with van der Waals surface area (Å²) in [5.74, 6) is 0.0467. The molecule has 1 aromatic heterocycles. The Kier molecular flexibility index (Phi) is 4.25. The lowest BCUT2D eigenvalue weighted by Gasteiger charge is -2.13. The number of ether oxygens (including phenoxy) is 1. The van der Waals surface area contributed by atoms with Crippen LogP contribution in [-0.4, -0.2) is 16.1 Å². The molecule has 0 saturated carbocycles. The molecule has 2 rings (SSSR count). The van der Waals surface area contributed by atoms with Gasteiger partial charge in [0.15, 0.2) is 0 Å². The number of carbonyl (C=O) groups is 1. The fourth-order valence-corrected chi connectivity index (χ4v) is 1.99. The number of aromatic carboxylic acids is 1.